The van der Waals surface area contributed by atoms with Crippen LogP contribution in [0.4, 0.5) is 5.69 Å². The molecule has 110 valence electrons. The summed E-state index contributed by atoms with van der Waals surface area (Å²) < 4.78 is 0. The summed E-state index contributed by atoms with van der Waals surface area (Å²) in [6, 6.07) is 3.63. The molecule has 0 unspecified atom stereocenters. The molecular weight excluding hydrogens is 256 g/mol. The number of piperazine rings is 1. The largest absolute Gasteiger partial charge is 0.476 e. The first-order valence-electron chi connectivity index (χ1n) is 6.88. The molecule has 0 bridgehead atoms. The van der Waals surface area contributed by atoms with Gasteiger partial charge >= 0.3 is 5.97 Å². The second-order valence-electron chi connectivity index (χ2n) is 5.31. The van der Waals surface area contributed by atoms with Crippen LogP contribution in [0, 0.1) is 0 Å². The number of rotatable bonds is 5. The standard InChI is InChI=1S/C14H22N4O2/c1-16(2)6-7-17-8-10-18(11-9-17)12-4-3-5-15-13(12)14(19)20/h3-5H,6-11H2,1-2H3,(H,19,20). The number of pyridine rings is 1. The van der Waals surface area contributed by atoms with Gasteiger partial charge in [0.2, 0.25) is 0 Å². The molecule has 6 nitrogen and oxygen atoms in total. The lowest BCUT2D eigenvalue weighted by Crippen LogP contribution is -2.48. The average molecular weight is 278 g/mol. The summed E-state index contributed by atoms with van der Waals surface area (Å²) in [7, 11) is 4.15. The topological polar surface area (TPSA) is 59.9 Å². The second kappa shape index (κ2) is 6.67. The van der Waals surface area contributed by atoms with Crippen molar-refractivity contribution in [3.63, 3.8) is 0 Å². The van der Waals surface area contributed by atoms with E-state index in [9.17, 15) is 9.90 Å². The van der Waals surface area contributed by atoms with Crippen molar-refractivity contribution in [1.82, 2.24) is 14.8 Å². The summed E-state index contributed by atoms with van der Waals surface area (Å²) in [5.41, 5.74) is 0.876. The first kappa shape index (κ1) is 14.7. The lowest BCUT2D eigenvalue weighted by atomic mass is 10.2. The monoisotopic (exact) mass is 278 g/mol. The zero-order chi connectivity index (χ0) is 14.5. The molecule has 0 aliphatic carbocycles. The minimum absolute atomic E-state index is 0.147. The summed E-state index contributed by atoms with van der Waals surface area (Å²) in [5, 5.41) is 9.19. The fraction of sp³-hybridized carbons (Fsp3) is 0.571. The maximum absolute atomic E-state index is 11.2. The van der Waals surface area contributed by atoms with Gasteiger partial charge in [0.15, 0.2) is 5.69 Å². The van der Waals surface area contributed by atoms with Crippen molar-refractivity contribution in [3.05, 3.63) is 24.0 Å². The minimum Gasteiger partial charge on any atom is -0.476 e. The summed E-state index contributed by atoms with van der Waals surface area (Å²) in [6.45, 7) is 5.72. The van der Waals surface area contributed by atoms with Crippen LogP contribution in [0.5, 0.6) is 0 Å². The molecule has 0 aromatic carbocycles. The van der Waals surface area contributed by atoms with Gasteiger partial charge < -0.3 is 14.9 Å². The van der Waals surface area contributed by atoms with Crippen molar-refractivity contribution in [2.24, 2.45) is 0 Å². The highest BCUT2D eigenvalue weighted by Gasteiger charge is 2.21. The molecule has 0 saturated carbocycles. The highest BCUT2D eigenvalue weighted by atomic mass is 16.4. The second-order valence-corrected chi connectivity index (χ2v) is 5.31. The molecule has 0 radical (unpaired) electrons. The van der Waals surface area contributed by atoms with Crippen LogP contribution >= 0.6 is 0 Å². The number of aromatic carboxylic acids is 1. The van der Waals surface area contributed by atoms with Crippen LogP contribution in [0.25, 0.3) is 0 Å². The van der Waals surface area contributed by atoms with Gasteiger partial charge in [-0.3, -0.25) is 4.90 Å². The smallest absolute Gasteiger partial charge is 0.356 e. The van der Waals surface area contributed by atoms with E-state index in [0.29, 0.717) is 0 Å². The number of likely N-dealkylation sites (N-methyl/N-ethyl adjacent to an activating group) is 1. The molecule has 1 aliphatic rings. The Bertz CT molecular complexity index is 456. The third-order valence-electron chi connectivity index (χ3n) is 3.57. The van der Waals surface area contributed by atoms with Gasteiger partial charge in [-0.05, 0) is 26.2 Å². The van der Waals surface area contributed by atoms with Crippen molar-refractivity contribution in [2.45, 2.75) is 0 Å². The summed E-state index contributed by atoms with van der Waals surface area (Å²) in [6.07, 6.45) is 1.53. The quantitative estimate of drug-likeness (QED) is 0.844. The number of carboxylic acids is 1. The van der Waals surface area contributed by atoms with Gasteiger partial charge in [-0.15, -0.1) is 0 Å². The highest BCUT2D eigenvalue weighted by Crippen LogP contribution is 2.19. The number of nitrogens with zero attached hydrogens (tertiary/aromatic N) is 4. The van der Waals surface area contributed by atoms with Gasteiger partial charge in [-0.25, -0.2) is 9.78 Å². The number of carbonyl (C=O) groups is 1. The normalized spacial score (nSPS) is 16.6. The van der Waals surface area contributed by atoms with Gasteiger partial charge in [0.05, 0.1) is 5.69 Å². The average Bonchev–Trinajstić information content (AvgIpc) is 2.45. The zero-order valence-corrected chi connectivity index (χ0v) is 12.1. The van der Waals surface area contributed by atoms with Crippen molar-refractivity contribution < 1.29 is 9.90 Å². The van der Waals surface area contributed by atoms with Crippen molar-refractivity contribution >= 4 is 11.7 Å². The molecule has 2 heterocycles. The van der Waals surface area contributed by atoms with E-state index in [1.165, 1.54) is 6.20 Å². The number of hydrogen-bond donors (Lipinski definition) is 1. The van der Waals surface area contributed by atoms with E-state index in [2.05, 4.69) is 33.8 Å². The predicted molar refractivity (Wildman–Crippen MR) is 78.4 cm³/mol. The lowest BCUT2D eigenvalue weighted by Gasteiger charge is -2.36. The number of anilines is 1. The third kappa shape index (κ3) is 3.68. The third-order valence-corrected chi connectivity index (χ3v) is 3.57. The van der Waals surface area contributed by atoms with Crippen molar-refractivity contribution in [1.29, 1.82) is 0 Å². The first-order valence-corrected chi connectivity index (χ1v) is 6.88. The van der Waals surface area contributed by atoms with Crippen LogP contribution in [-0.4, -0.2) is 79.2 Å². The summed E-state index contributed by atoms with van der Waals surface area (Å²) in [4.78, 5) is 21.9. The van der Waals surface area contributed by atoms with Crippen LogP contribution < -0.4 is 4.90 Å². The Morgan fingerprint density at radius 3 is 2.65 bits per heavy atom. The number of aromatic nitrogens is 1. The molecule has 1 N–H and O–H groups in total. The Morgan fingerprint density at radius 2 is 2.05 bits per heavy atom. The molecule has 20 heavy (non-hydrogen) atoms. The van der Waals surface area contributed by atoms with Crippen molar-refractivity contribution in [2.75, 3.05) is 58.3 Å². The Labute approximate surface area is 119 Å². The van der Waals surface area contributed by atoms with Crippen molar-refractivity contribution in [3.8, 4) is 0 Å². The predicted octanol–water partition coefficient (Wildman–Crippen LogP) is 0.463. The Balaban J connectivity index is 1.95. The summed E-state index contributed by atoms with van der Waals surface area (Å²) >= 11 is 0. The molecule has 1 saturated heterocycles. The number of carboxylic acid groups (broad SMARTS) is 1. The van der Waals surface area contributed by atoms with Gasteiger partial charge in [-0.1, -0.05) is 0 Å². The maximum Gasteiger partial charge on any atom is 0.356 e. The molecule has 6 heteroatoms. The lowest BCUT2D eigenvalue weighted by molar-refractivity contribution is 0.0691. The van der Waals surface area contributed by atoms with E-state index in [1.54, 1.807) is 6.07 Å². The first-order chi connectivity index (χ1) is 9.58. The van der Waals surface area contributed by atoms with E-state index in [4.69, 9.17) is 0 Å². The van der Waals surface area contributed by atoms with Gasteiger partial charge in [0.1, 0.15) is 0 Å². The molecule has 1 aliphatic heterocycles. The van der Waals surface area contributed by atoms with E-state index in [1.807, 2.05) is 6.07 Å². The van der Waals surface area contributed by atoms with E-state index in [-0.39, 0.29) is 5.69 Å². The molecule has 0 amide bonds. The minimum atomic E-state index is -0.962. The summed E-state index contributed by atoms with van der Waals surface area (Å²) in [5.74, 6) is -0.962. The van der Waals surface area contributed by atoms with E-state index >= 15 is 0 Å². The Hall–Kier alpha value is -1.66. The number of hydrogen-bond acceptors (Lipinski definition) is 5. The molecule has 0 atom stereocenters. The van der Waals surface area contributed by atoms with Gasteiger partial charge in [0, 0.05) is 45.5 Å². The van der Waals surface area contributed by atoms with Gasteiger partial charge in [0.25, 0.3) is 0 Å². The molecule has 1 aromatic heterocycles. The van der Waals surface area contributed by atoms with Crippen LogP contribution in [-0.2, 0) is 0 Å². The van der Waals surface area contributed by atoms with E-state index in [0.717, 1.165) is 45.0 Å². The molecule has 0 spiro atoms. The maximum atomic E-state index is 11.2. The van der Waals surface area contributed by atoms with Crippen LogP contribution in [0.15, 0.2) is 18.3 Å². The van der Waals surface area contributed by atoms with Crippen LogP contribution in [0.1, 0.15) is 10.5 Å². The molecule has 1 aromatic rings. The molecule has 2 rings (SSSR count). The van der Waals surface area contributed by atoms with Crippen LogP contribution in [0.2, 0.25) is 0 Å². The van der Waals surface area contributed by atoms with Gasteiger partial charge in [-0.2, -0.15) is 0 Å². The highest BCUT2D eigenvalue weighted by molar-refractivity contribution is 5.92. The Morgan fingerprint density at radius 1 is 1.35 bits per heavy atom. The van der Waals surface area contributed by atoms with Crippen LogP contribution in [0.3, 0.4) is 0 Å². The molecule has 1 fully saturated rings. The fourth-order valence-corrected chi connectivity index (χ4v) is 2.37. The fourth-order valence-electron chi connectivity index (χ4n) is 2.37. The zero-order valence-electron chi connectivity index (χ0n) is 12.1. The SMILES string of the molecule is CN(C)CCN1CCN(c2cccnc2C(=O)O)CC1. The molecular formula is C14H22N4O2. The Kier molecular flexibility index (Phi) is 4.92. The van der Waals surface area contributed by atoms with E-state index < -0.39 is 5.97 Å².